The molecule has 0 aliphatic carbocycles. The SMILES string of the molecule is COC(=C(C)C(C)(C)C)c1cccc(O)c1. The van der Waals surface area contributed by atoms with Gasteiger partial charge in [0, 0.05) is 5.56 Å². The predicted molar refractivity (Wildman–Crippen MR) is 67.2 cm³/mol. The summed E-state index contributed by atoms with van der Waals surface area (Å²) in [6.45, 7) is 8.49. The lowest BCUT2D eigenvalue weighted by atomic mass is 9.85. The van der Waals surface area contributed by atoms with E-state index in [1.54, 1.807) is 19.2 Å². The monoisotopic (exact) mass is 220 g/mol. The van der Waals surface area contributed by atoms with Crippen LogP contribution in [-0.2, 0) is 4.74 Å². The molecule has 2 nitrogen and oxygen atoms in total. The Morgan fingerprint density at radius 3 is 2.31 bits per heavy atom. The Labute approximate surface area is 97.6 Å². The van der Waals surface area contributed by atoms with Crippen molar-refractivity contribution < 1.29 is 9.84 Å². The zero-order valence-electron chi connectivity index (χ0n) is 10.7. The molecule has 0 aliphatic heterocycles. The van der Waals surface area contributed by atoms with Crippen LogP contribution in [0.3, 0.4) is 0 Å². The molecule has 0 saturated carbocycles. The molecule has 0 saturated heterocycles. The van der Waals surface area contributed by atoms with E-state index in [9.17, 15) is 5.11 Å². The van der Waals surface area contributed by atoms with Crippen LogP contribution in [0.25, 0.3) is 5.76 Å². The summed E-state index contributed by atoms with van der Waals surface area (Å²) in [5, 5.41) is 9.46. The fraction of sp³-hybridized carbons (Fsp3) is 0.429. The second-order valence-corrected chi connectivity index (χ2v) is 4.96. The summed E-state index contributed by atoms with van der Waals surface area (Å²) < 4.78 is 5.45. The van der Waals surface area contributed by atoms with Crippen molar-refractivity contribution in [3.8, 4) is 5.75 Å². The number of methoxy groups -OCH3 is 1. The average Bonchev–Trinajstić information content (AvgIpc) is 2.17. The third-order valence-electron chi connectivity index (χ3n) is 2.78. The summed E-state index contributed by atoms with van der Waals surface area (Å²) in [7, 11) is 1.66. The van der Waals surface area contributed by atoms with E-state index in [-0.39, 0.29) is 11.2 Å². The molecule has 1 rings (SSSR count). The number of aromatic hydroxyl groups is 1. The molecule has 0 fully saturated rings. The highest BCUT2D eigenvalue weighted by Gasteiger charge is 2.19. The summed E-state index contributed by atoms with van der Waals surface area (Å²) in [5.41, 5.74) is 2.13. The molecule has 1 aromatic rings. The summed E-state index contributed by atoms with van der Waals surface area (Å²) in [4.78, 5) is 0. The van der Waals surface area contributed by atoms with Gasteiger partial charge in [0.05, 0.1) is 7.11 Å². The highest BCUT2D eigenvalue weighted by molar-refractivity contribution is 5.64. The normalized spacial score (nSPS) is 13.3. The van der Waals surface area contributed by atoms with Crippen molar-refractivity contribution in [2.24, 2.45) is 5.41 Å². The Balaban J connectivity index is 3.27. The van der Waals surface area contributed by atoms with Crippen molar-refractivity contribution in [1.29, 1.82) is 0 Å². The highest BCUT2D eigenvalue weighted by atomic mass is 16.5. The standard InChI is InChI=1S/C14H20O2/c1-10(14(2,3)4)13(16-5)11-7-6-8-12(15)9-11/h6-9,15H,1-5H3. The fourth-order valence-corrected chi connectivity index (χ4v) is 1.48. The number of phenolic OH excluding ortho intramolecular Hbond substituents is 1. The smallest absolute Gasteiger partial charge is 0.125 e. The molecule has 0 spiro atoms. The van der Waals surface area contributed by atoms with Gasteiger partial charge in [-0.2, -0.15) is 0 Å². The van der Waals surface area contributed by atoms with Crippen LogP contribution < -0.4 is 0 Å². The molecule has 0 amide bonds. The zero-order valence-corrected chi connectivity index (χ0v) is 10.7. The number of hydrogen-bond donors (Lipinski definition) is 1. The third-order valence-corrected chi connectivity index (χ3v) is 2.78. The van der Waals surface area contributed by atoms with Gasteiger partial charge in [-0.3, -0.25) is 0 Å². The predicted octanol–water partition coefficient (Wildman–Crippen LogP) is 3.82. The van der Waals surface area contributed by atoms with Crippen LogP contribution >= 0.6 is 0 Å². The topological polar surface area (TPSA) is 29.5 Å². The first-order valence-corrected chi connectivity index (χ1v) is 5.41. The van der Waals surface area contributed by atoms with Crippen LogP contribution in [0.5, 0.6) is 5.75 Å². The average molecular weight is 220 g/mol. The Morgan fingerprint density at radius 2 is 1.88 bits per heavy atom. The van der Waals surface area contributed by atoms with Crippen molar-refractivity contribution in [1.82, 2.24) is 0 Å². The number of benzene rings is 1. The second-order valence-electron chi connectivity index (χ2n) is 4.96. The minimum Gasteiger partial charge on any atom is -0.508 e. The number of ether oxygens (including phenoxy) is 1. The molecular weight excluding hydrogens is 200 g/mol. The lowest BCUT2D eigenvalue weighted by molar-refractivity contribution is 0.353. The number of rotatable bonds is 2. The lowest BCUT2D eigenvalue weighted by Crippen LogP contribution is -2.10. The Kier molecular flexibility index (Phi) is 3.63. The fourth-order valence-electron chi connectivity index (χ4n) is 1.48. The maximum absolute atomic E-state index is 9.46. The first-order chi connectivity index (χ1) is 7.36. The van der Waals surface area contributed by atoms with E-state index in [2.05, 4.69) is 27.7 Å². The molecule has 88 valence electrons. The van der Waals surface area contributed by atoms with Crippen LogP contribution in [0.15, 0.2) is 29.8 Å². The molecule has 0 aliphatic rings. The molecule has 0 radical (unpaired) electrons. The maximum atomic E-state index is 9.46. The van der Waals surface area contributed by atoms with Crippen LogP contribution in [-0.4, -0.2) is 12.2 Å². The van der Waals surface area contributed by atoms with E-state index >= 15 is 0 Å². The number of phenols is 1. The minimum absolute atomic E-state index is 0.0524. The van der Waals surface area contributed by atoms with Crippen molar-refractivity contribution in [2.75, 3.05) is 7.11 Å². The van der Waals surface area contributed by atoms with Gasteiger partial charge in [-0.1, -0.05) is 32.9 Å². The molecule has 0 bridgehead atoms. The summed E-state index contributed by atoms with van der Waals surface area (Å²) >= 11 is 0. The molecule has 0 unspecified atom stereocenters. The van der Waals surface area contributed by atoms with Crippen molar-refractivity contribution in [2.45, 2.75) is 27.7 Å². The maximum Gasteiger partial charge on any atom is 0.125 e. The van der Waals surface area contributed by atoms with Crippen molar-refractivity contribution in [3.05, 3.63) is 35.4 Å². The van der Waals surface area contributed by atoms with Gasteiger partial charge >= 0.3 is 0 Å². The van der Waals surface area contributed by atoms with Gasteiger partial charge < -0.3 is 9.84 Å². The lowest BCUT2D eigenvalue weighted by Gasteiger charge is -2.23. The highest BCUT2D eigenvalue weighted by Crippen LogP contribution is 2.33. The van der Waals surface area contributed by atoms with Crippen LogP contribution in [0.2, 0.25) is 0 Å². The van der Waals surface area contributed by atoms with Gasteiger partial charge in [-0.25, -0.2) is 0 Å². The van der Waals surface area contributed by atoms with E-state index in [4.69, 9.17) is 4.74 Å². The van der Waals surface area contributed by atoms with E-state index in [0.29, 0.717) is 0 Å². The van der Waals surface area contributed by atoms with Crippen molar-refractivity contribution >= 4 is 5.76 Å². The van der Waals surface area contributed by atoms with Gasteiger partial charge in [0.25, 0.3) is 0 Å². The molecule has 0 aromatic heterocycles. The first-order valence-electron chi connectivity index (χ1n) is 5.41. The molecule has 2 heteroatoms. The second kappa shape index (κ2) is 4.60. The zero-order chi connectivity index (χ0) is 12.3. The van der Waals surface area contributed by atoms with Gasteiger partial charge in [-0.05, 0) is 30.0 Å². The quantitative estimate of drug-likeness (QED) is 0.768. The van der Waals surface area contributed by atoms with Crippen molar-refractivity contribution in [3.63, 3.8) is 0 Å². The van der Waals surface area contributed by atoms with Gasteiger partial charge in [0.1, 0.15) is 11.5 Å². The van der Waals surface area contributed by atoms with Gasteiger partial charge in [-0.15, -0.1) is 0 Å². The van der Waals surface area contributed by atoms with E-state index in [1.807, 2.05) is 12.1 Å². The molecular formula is C14H20O2. The minimum atomic E-state index is 0.0524. The molecule has 0 atom stereocenters. The number of allylic oxidation sites excluding steroid dienone is 1. The van der Waals surface area contributed by atoms with E-state index in [0.717, 1.165) is 11.3 Å². The van der Waals surface area contributed by atoms with Crippen LogP contribution in [0, 0.1) is 5.41 Å². The van der Waals surface area contributed by atoms with Crippen LogP contribution in [0.1, 0.15) is 33.3 Å². The summed E-state index contributed by atoms with van der Waals surface area (Å²) in [6, 6.07) is 7.13. The van der Waals surface area contributed by atoms with E-state index < -0.39 is 0 Å². The van der Waals surface area contributed by atoms with Gasteiger partial charge in [0.2, 0.25) is 0 Å². The Hall–Kier alpha value is -1.44. The molecule has 1 aromatic carbocycles. The molecule has 16 heavy (non-hydrogen) atoms. The summed E-state index contributed by atoms with van der Waals surface area (Å²) in [5.74, 6) is 1.09. The Bertz CT molecular complexity index is 397. The Morgan fingerprint density at radius 1 is 1.25 bits per heavy atom. The molecule has 1 N–H and O–H groups in total. The summed E-state index contributed by atoms with van der Waals surface area (Å²) in [6.07, 6.45) is 0. The first kappa shape index (κ1) is 12.6. The molecule has 0 heterocycles. The van der Waals surface area contributed by atoms with E-state index in [1.165, 1.54) is 5.57 Å². The van der Waals surface area contributed by atoms with Crippen LogP contribution in [0.4, 0.5) is 0 Å². The largest absolute Gasteiger partial charge is 0.508 e. The van der Waals surface area contributed by atoms with Gasteiger partial charge in [0.15, 0.2) is 0 Å². The third kappa shape index (κ3) is 2.78. The number of hydrogen-bond acceptors (Lipinski definition) is 2.